The van der Waals surface area contributed by atoms with Crippen molar-refractivity contribution in [2.45, 2.75) is 6.92 Å². The summed E-state index contributed by atoms with van der Waals surface area (Å²) < 4.78 is 5.34. The number of carbonyl (C=O) groups is 2. The highest BCUT2D eigenvalue weighted by Gasteiger charge is 2.05. The summed E-state index contributed by atoms with van der Waals surface area (Å²) in [4.78, 5) is 23.3. The molecule has 0 spiro atoms. The Labute approximate surface area is 129 Å². The van der Waals surface area contributed by atoms with Gasteiger partial charge < -0.3 is 15.4 Å². The fraction of sp³-hybridized carbons (Fsp3) is 0.176. The van der Waals surface area contributed by atoms with Gasteiger partial charge in [-0.25, -0.2) is 0 Å². The van der Waals surface area contributed by atoms with E-state index >= 15 is 0 Å². The third-order valence-electron chi connectivity index (χ3n) is 2.89. The van der Waals surface area contributed by atoms with Crippen molar-refractivity contribution in [3.05, 3.63) is 60.2 Å². The Hall–Kier alpha value is -2.82. The van der Waals surface area contributed by atoms with E-state index in [1.807, 2.05) is 25.1 Å². The van der Waals surface area contributed by atoms with E-state index in [1.54, 1.807) is 36.4 Å². The lowest BCUT2D eigenvalue weighted by Gasteiger charge is -2.08. The molecule has 0 aromatic heterocycles. The molecule has 0 saturated carbocycles. The fourth-order valence-corrected chi connectivity index (χ4v) is 1.82. The Balaban J connectivity index is 1.89. The van der Waals surface area contributed by atoms with Crippen molar-refractivity contribution in [3.63, 3.8) is 0 Å². The number of nitrogens with one attached hydrogen (secondary N) is 2. The zero-order valence-electron chi connectivity index (χ0n) is 12.3. The molecule has 5 heteroatoms. The van der Waals surface area contributed by atoms with Gasteiger partial charge in [0.15, 0.2) is 6.61 Å². The first-order valence-corrected chi connectivity index (χ1v) is 7.05. The standard InChI is InChI=1S/C17H18N2O3/c1-2-18-16(20)12-22-15-10-8-14(9-11-15)19-17(21)13-6-4-3-5-7-13/h3-11H,2,12H2,1H3,(H,18,20)(H,19,21). The molecular weight excluding hydrogens is 280 g/mol. The number of carbonyl (C=O) groups excluding carboxylic acids is 2. The van der Waals surface area contributed by atoms with Crippen molar-refractivity contribution in [1.29, 1.82) is 0 Å². The maximum absolute atomic E-state index is 12.0. The zero-order valence-corrected chi connectivity index (χ0v) is 12.3. The van der Waals surface area contributed by atoms with Gasteiger partial charge in [0.2, 0.25) is 0 Å². The molecule has 0 atom stereocenters. The predicted molar refractivity (Wildman–Crippen MR) is 85.0 cm³/mol. The molecule has 0 bridgehead atoms. The SMILES string of the molecule is CCNC(=O)COc1ccc(NC(=O)c2ccccc2)cc1. The van der Waals surface area contributed by atoms with Gasteiger partial charge in [-0.2, -0.15) is 0 Å². The van der Waals surface area contributed by atoms with E-state index in [0.717, 1.165) is 0 Å². The van der Waals surface area contributed by atoms with Crippen LogP contribution in [0.15, 0.2) is 54.6 Å². The molecule has 0 aliphatic rings. The Morgan fingerprint density at radius 1 is 1.00 bits per heavy atom. The number of hydrogen-bond acceptors (Lipinski definition) is 3. The molecule has 114 valence electrons. The fourth-order valence-electron chi connectivity index (χ4n) is 1.82. The number of amides is 2. The Morgan fingerprint density at radius 2 is 1.68 bits per heavy atom. The zero-order chi connectivity index (χ0) is 15.8. The highest BCUT2D eigenvalue weighted by Crippen LogP contribution is 2.16. The van der Waals surface area contributed by atoms with Gasteiger partial charge in [-0.05, 0) is 43.3 Å². The van der Waals surface area contributed by atoms with Crippen LogP contribution >= 0.6 is 0 Å². The van der Waals surface area contributed by atoms with E-state index in [4.69, 9.17) is 4.74 Å². The van der Waals surface area contributed by atoms with Gasteiger partial charge in [0.1, 0.15) is 5.75 Å². The molecule has 0 aliphatic carbocycles. The largest absolute Gasteiger partial charge is 0.484 e. The minimum Gasteiger partial charge on any atom is -0.484 e. The summed E-state index contributed by atoms with van der Waals surface area (Å²) in [5, 5.41) is 5.45. The number of hydrogen-bond donors (Lipinski definition) is 2. The lowest BCUT2D eigenvalue weighted by Crippen LogP contribution is -2.28. The number of ether oxygens (including phenoxy) is 1. The second-order valence-corrected chi connectivity index (χ2v) is 4.59. The lowest BCUT2D eigenvalue weighted by molar-refractivity contribution is -0.122. The molecule has 2 rings (SSSR count). The summed E-state index contributed by atoms with van der Waals surface area (Å²) in [6.07, 6.45) is 0. The molecule has 2 N–H and O–H groups in total. The quantitative estimate of drug-likeness (QED) is 0.861. The topological polar surface area (TPSA) is 67.4 Å². The van der Waals surface area contributed by atoms with E-state index in [9.17, 15) is 9.59 Å². The van der Waals surface area contributed by atoms with Crippen molar-refractivity contribution < 1.29 is 14.3 Å². The molecule has 5 nitrogen and oxygen atoms in total. The van der Waals surface area contributed by atoms with E-state index in [2.05, 4.69) is 10.6 Å². The van der Waals surface area contributed by atoms with Crippen LogP contribution in [0.2, 0.25) is 0 Å². The van der Waals surface area contributed by atoms with E-state index in [1.165, 1.54) is 0 Å². The van der Waals surface area contributed by atoms with Crippen LogP contribution in [0.1, 0.15) is 17.3 Å². The summed E-state index contributed by atoms with van der Waals surface area (Å²) in [7, 11) is 0. The van der Waals surface area contributed by atoms with Gasteiger partial charge in [0.25, 0.3) is 11.8 Å². The molecule has 0 saturated heterocycles. The van der Waals surface area contributed by atoms with Gasteiger partial charge in [0, 0.05) is 17.8 Å². The van der Waals surface area contributed by atoms with Gasteiger partial charge in [-0.1, -0.05) is 18.2 Å². The van der Waals surface area contributed by atoms with Crippen molar-refractivity contribution in [2.24, 2.45) is 0 Å². The van der Waals surface area contributed by atoms with Crippen molar-refractivity contribution in [1.82, 2.24) is 5.32 Å². The molecule has 0 aliphatic heterocycles. The molecule has 2 aromatic carbocycles. The summed E-state index contributed by atoms with van der Waals surface area (Å²) >= 11 is 0. The number of anilines is 1. The second-order valence-electron chi connectivity index (χ2n) is 4.59. The Bertz CT molecular complexity index is 624. The lowest BCUT2D eigenvalue weighted by atomic mass is 10.2. The normalized spacial score (nSPS) is 9.86. The minimum absolute atomic E-state index is 0.0242. The van der Waals surface area contributed by atoms with Crippen LogP contribution in [0.25, 0.3) is 0 Å². The van der Waals surface area contributed by atoms with Crippen LogP contribution in [0.4, 0.5) is 5.69 Å². The predicted octanol–water partition coefficient (Wildman–Crippen LogP) is 2.45. The smallest absolute Gasteiger partial charge is 0.257 e. The number of rotatable bonds is 6. The summed E-state index contributed by atoms with van der Waals surface area (Å²) in [6, 6.07) is 15.9. The highest BCUT2D eigenvalue weighted by molar-refractivity contribution is 6.04. The van der Waals surface area contributed by atoms with Gasteiger partial charge in [0.05, 0.1) is 0 Å². The van der Waals surface area contributed by atoms with Gasteiger partial charge >= 0.3 is 0 Å². The number of benzene rings is 2. The monoisotopic (exact) mass is 298 g/mol. The average Bonchev–Trinajstić information content (AvgIpc) is 2.55. The molecule has 0 unspecified atom stereocenters. The highest BCUT2D eigenvalue weighted by atomic mass is 16.5. The first-order valence-electron chi connectivity index (χ1n) is 7.05. The molecule has 0 radical (unpaired) electrons. The van der Waals surface area contributed by atoms with Gasteiger partial charge in [-0.3, -0.25) is 9.59 Å². The van der Waals surface area contributed by atoms with Crippen LogP contribution in [0.5, 0.6) is 5.75 Å². The van der Waals surface area contributed by atoms with Crippen LogP contribution in [0.3, 0.4) is 0 Å². The van der Waals surface area contributed by atoms with Crippen molar-refractivity contribution >= 4 is 17.5 Å². The molecule has 2 aromatic rings. The first-order chi connectivity index (χ1) is 10.7. The van der Waals surface area contributed by atoms with Crippen molar-refractivity contribution in [2.75, 3.05) is 18.5 Å². The molecular formula is C17H18N2O3. The summed E-state index contributed by atoms with van der Waals surface area (Å²) in [5.74, 6) is 0.240. The van der Waals surface area contributed by atoms with E-state index in [0.29, 0.717) is 23.5 Å². The Kier molecular flexibility index (Phi) is 5.54. The third-order valence-corrected chi connectivity index (χ3v) is 2.89. The average molecular weight is 298 g/mol. The molecule has 2 amide bonds. The van der Waals surface area contributed by atoms with Crippen LogP contribution < -0.4 is 15.4 Å². The van der Waals surface area contributed by atoms with E-state index < -0.39 is 0 Å². The summed E-state index contributed by atoms with van der Waals surface area (Å²) in [6.45, 7) is 2.40. The van der Waals surface area contributed by atoms with Crippen molar-refractivity contribution in [3.8, 4) is 5.75 Å². The first kappa shape index (κ1) is 15.6. The minimum atomic E-state index is -0.170. The van der Waals surface area contributed by atoms with Crippen LogP contribution in [0, 0.1) is 0 Å². The summed E-state index contributed by atoms with van der Waals surface area (Å²) in [5.41, 5.74) is 1.26. The third kappa shape index (κ3) is 4.63. The number of likely N-dealkylation sites (N-methyl/N-ethyl adjacent to an activating group) is 1. The van der Waals surface area contributed by atoms with Gasteiger partial charge in [-0.15, -0.1) is 0 Å². The maximum atomic E-state index is 12.0. The molecule has 0 heterocycles. The second kappa shape index (κ2) is 7.83. The van der Waals surface area contributed by atoms with E-state index in [-0.39, 0.29) is 18.4 Å². The molecule has 0 fully saturated rings. The maximum Gasteiger partial charge on any atom is 0.257 e. The van der Waals surface area contributed by atoms with Crippen LogP contribution in [-0.4, -0.2) is 25.0 Å². The Morgan fingerprint density at radius 3 is 2.32 bits per heavy atom. The molecule has 22 heavy (non-hydrogen) atoms. The van der Waals surface area contributed by atoms with Crippen LogP contribution in [-0.2, 0) is 4.79 Å².